The zero-order chi connectivity index (χ0) is 17.5. The number of pyridine rings is 1. The van der Waals surface area contributed by atoms with Crippen molar-refractivity contribution >= 4 is 16.9 Å². The Morgan fingerprint density at radius 1 is 1.19 bits per heavy atom. The number of nitrogens with zero attached hydrogens (tertiary/aromatic N) is 4. The van der Waals surface area contributed by atoms with Crippen LogP contribution in [0.3, 0.4) is 0 Å². The molecule has 2 aromatic heterocycles. The molecule has 4 nitrogen and oxygen atoms in total. The zero-order valence-corrected chi connectivity index (χ0v) is 16.1. The van der Waals surface area contributed by atoms with Crippen molar-refractivity contribution in [1.29, 1.82) is 0 Å². The third-order valence-corrected chi connectivity index (χ3v) is 7.28. The summed E-state index contributed by atoms with van der Waals surface area (Å²) in [5, 5.41) is 1.21. The van der Waals surface area contributed by atoms with E-state index in [9.17, 15) is 0 Å². The summed E-state index contributed by atoms with van der Waals surface area (Å²) in [6, 6.07) is 10.2. The molecule has 2 fully saturated rings. The fourth-order valence-corrected chi connectivity index (χ4v) is 6.08. The highest BCUT2D eigenvalue weighted by Crippen LogP contribution is 2.48. The van der Waals surface area contributed by atoms with Crippen LogP contribution >= 0.6 is 11.8 Å². The minimum atomic E-state index is 0.104. The highest BCUT2D eigenvalue weighted by atomic mass is 32.2. The SMILES string of the molecule is CC[C@H]1CSC2=N[C@@H](c3ccccn3)[C@@H](c3ccn(C4CCCC4)c3)N21. The van der Waals surface area contributed by atoms with Crippen molar-refractivity contribution in [1.82, 2.24) is 14.5 Å². The predicted octanol–water partition coefficient (Wildman–Crippen LogP) is 4.98. The van der Waals surface area contributed by atoms with E-state index >= 15 is 0 Å². The Bertz CT molecular complexity index is 793. The first kappa shape index (κ1) is 16.4. The number of aromatic nitrogens is 2. The van der Waals surface area contributed by atoms with E-state index in [0.717, 1.165) is 11.4 Å². The number of hydrogen-bond acceptors (Lipinski definition) is 4. The summed E-state index contributed by atoms with van der Waals surface area (Å²) >= 11 is 1.92. The topological polar surface area (TPSA) is 33.4 Å². The van der Waals surface area contributed by atoms with Crippen molar-refractivity contribution < 1.29 is 0 Å². The van der Waals surface area contributed by atoms with Crippen LogP contribution < -0.4 is 0 Å². The van der Waals surface area contributed by atoms with Crippen molar-refractivity contribution in [2.24, 2.45) is 4.99 Å². The van der Waals surface area contributed by atoms with E-state index in [1.54, 1.807) is 0 Å². The number of fused-ring (bicyclic) bond motifs is 1. The number of rotatable bonds is 4. The van der Waals surface area contributed by atoms with Gasteiger partial charge in [-0.3, -0.25) is 9.98 Å². The van der Waals surface area contributed by atoms with Crippen molar-refractivity contribution in [2.45, 2.75) is 63.2 Å². The van der Waals surface area contributed by atoms with Gasteiger partial charge in [-0.2, -0.15) is 0 Å². The second-order valence-corrected chi connectivity index (χ2v) is 8.65. The summed E-state index contributed by atoms with van der Waals surface area (Å²) in [6.45, 7) is 2.29. The minimum absolute atomic E-state index is 0.104. The van der Waals surface area contributed by atoms with Crippen LogP contribution in [0.25, 0.3) is 0 Å². The highest BCUT2D eigenvalue weighted by Gasteiger charge is 2.45. The van der Waals surface area contributed by atoms with Gasteiger partial charge in [-0.1, -0.05) is 37.6 Å². The number of hydrogen-bond donors (Lipinski definition) is 0. The molecule has 1 aliphatic carbocycles. The van der Waals surface area contributed by atoms with E-state index in [4.69, 9.17) is 4.99 Å². The summed E-state index contributed by atoms with van der Waals surface area (Å²) in [5.41, 5.74) is 2.48. The van der Waals surface area contributed by atoms with Crippen molar-refractivity contribution in [3.8, 4) is 0 Å². The van der Waals surface area contributed by atoms with E-state index in [1.165, 1.54) is 42.8 Å². The van der Waals surface area contributed by atoms with Crippen LogP contribution in [0.2, 0.25) is 0 Å². The maximum atomic E-state index is 5.12. The molecule has 3 aliphatic rings. The smallest absolute Gasteiger partial charge is 0.160 e. The lowest BCUT2D eigenvalue weighted by molar-refractivity contribution is 0.255. The van der Waals surface area contributed by atoms with Crippen LogP contribution in [0.1, 0.15) is 68.4 Å². The van der Waals surface area contributed by atoms with Gasteiger partial charge < -0.3 is 9.47 Å². The average molecular weight is 367 g/mol. The van der Waals surface area contributed by atoms with E-state index in [0.29, 0.717) is 12.1 Å². The highest BCUT2D eigenvalue weighted by molar-refractivity contribution is 8.14. The molecule has 0 aromatic carbocycles. The maximum absolute atomic E-state index is 5.12. The lowest BCUT2D eigenvalue weighted by atomic mass is 9.97. The Morgan fingerprint density at radius 2 is 2.08 bits per heavy atom. The molecule has 1 saturated carbocycles. The molecule has 0 radical (unpaired) electrons. The molecule has 2 aliphatic heterocycles. The lowest BCUT2D eigenvalue weighted by Gasteiger charge is -2.31. The Hall–Kier alpha value is -1.75. The molecule has 1 saturated heterocycles. The largest absolute Gasteiger partial charge is 0.351 e. The number of thioether (sulfide) groups is 1. The minimum Gasteiger partial charge on any atom is -0.351 e. The normalized spacial score (nSPS) is 28.6. The van der Waals surface area contributed by atoms with E-state index in [-0.39, 0.29) is 12.1 Å². The van der Waals surface area contributed by atoms with Crippen molar-refractivity contribution in [3.63, 3.8) is 0 Å². The average Bonchev–Trinajstić information content (AvgIpc) is 3.44. The Labute approximate surface area is 159 Å². The van der Waals surface area contributed by atoms with E-state index in [2.05, 4.69) is 52.0 Å². The summed E-state index contributed by atoms with van der Waals surface area (Å²) < 4.78 is 2.46. The first-order chi connectivity index (χ1) is 12.8. The summed E-state index contributed by atoms with van der Waals surface area (Å²) in [7, 11) is 0. The van der Waals surface area contributed by atoms with Gasteiger partial charge in [0.05, 0.1) is 11.7 Å². The van der Waals surface area contributed by atoms with Crippen LogP contribution in [0.15, 0.2) is 47.8 Å². The molecule has 0 bridgehead atoms. The van der Waals surface area contributed by atoms with Crippen LogP contribution in [0.4, 0.5) is 0 Å². The monoisotopic (exact) mass is 366 g/mol. The lowest BCUT2D eigenvalue weighted by Crippen LogP contribution is -2.35. The van der Waals surface area contributed by atoms with Crippen LogP contribution in [-0.2, 0) is 0 Å². The third-order valence-electron chi connectivity index (χ3n) is 6.15. The van der Waals surface area contributed by atoms with Gasteiger partial charge in [0.1, 0.15) is 6.04 Å². The molecule has 0 spiro atoms. The summed E-state index contributed by atoms with van der Waals surface area (Å²) in [5.74, 6) is 1.16. The van der Waals surface area contributed by atoms with Crippen LogP contribution in [0, 0.1) is 0 Å². The van der Waals surface area contributed by atoms with Gasteiger partial charge in [0, 0.05) is 36.4 Å². The molecule has 2 aromatic rings. The third kappa shape index (κ3) is 2.68. The second kappa shape index (κ2) is 6.76. The Balaban J connectivity index is 1.52. The zero-order valence-electron chi connectivity index (χ0n) is 15.3. The molecule has 5 heteroatoms. The first-order valence-corrected chi connectivity index (χ1v) is 10.9. The van der Waals surface area contributed by atoms with Crippen molar-refractivity contribution in [2.75, 3.05) is 5.75 Å². The van der Waals surface area contributed by atoms with Gasteiger partial charge in [-0.15, -0.1) is 0 Å². The van der Waals surface area contributed by atoms with Gasteiger partial charge in [0.15, 0.2) is 5.17 Å². The summed E-state index contributed by atoms with van der Waals surface area (Å²) in [6.07, 6.45) is 13.1. The van der Waals surface area contributed by atoms with E-state index in [1.807, 2.05) is 24.0 Å². The number of aliphatic imine (C=N–C) groups is 1. The summed E-state index contributed by atoms with van der Waals surface area (Å²) in [4.78, 5) is 12.3. The van der Waals surface area contributed by atoms with Gasteiger partial charge >= 0.3 is 0 Å². The number of amidine groups is 1. The molecule has 26 heavy (non-hydrogen) atoms. The van der Waals surface area contributed by atoms with Crippen LogP contribution in [0.5, 0.6) is 0 Å². The molecular formula is C21H26N4S. The quantitative estimate of drug-likeness (QED) is 0.765. The molecule has 136 valence electrons. The molecule has 3 atom stereocenters. The van der Waals surface area contributed by atoms with Crippen molar-refractivity contribution in [3.05, 3.63) is 54.1 Å². The first-order valence-electron chi connectivity index (χ1n) is 9.92. The predicted molar refractivity (Wildman–Crippen MR) is 107 cm³/mol. The van der Waals surface area contributed by atoms with Gasteiger partial charge in [-0.05, 0) is 43.0 Å². The van der Waals surface area contributed by atoms with Gasteiger partial charge in [-0.25, -0.2) is 0 Å². The van der Waals surface area contributed by atoms with Crippen LogP contribution in [-0.4, -0.2) is 31.4 Å². The maximum Gasteiger partial charge on any atom is 0.160 e. The Morgan fingerprint density at radius 3 is 2.85 bits per heavy atom. The fourth-order valence-electron chi connectivity index (χ4n) is 4.74. The standard InChI is InChI=1S/C21H26N4S/c1-2-16-14-26-21-23-19(18-9-5-6-11-22-18)20(25(16)21)15-10-12-24(13-15)17-7-3-4-8-17/h5-6,9-13,16-17,19-20H,2-4,7-8,14H2,1H3/t16-,19-,20+/m0/s1. The molecule has 4 heterocycles. The molecular weight excluding hydrogens is 340 g/mol. The molecule has 0 amide bonds. The van der Waals surface area contributed by atoms with Gasteiger partial charge in [0.2, 0.25) is 0 Å². The van der Waals surface area contributed by atoms with Gasteiger partial charge in [0.25, 0.3) is 0 Å². The fraction of sp³-hybridized carbons (Fsp3) is 0.524. The molecule has 0 unspecified atom stereocenters. The van der Waals surface area contributed by atoms with E-state index < -0.39 is 0 Å². The molecule has 0 N–H and O–H groups in total. The molecule has 5 rings (SSSR count). The second-order valence-electron chi connectivity index (χ2n) is 7.67. The Kier molecular flexibility index (Phi) is 4.27.